The van der Waals surface area contributed by atoms with E-state index in [0.717, 1.165) is 19.3 Å². The van der Waals surface area contributed by atoms with E-state index in [-0.39, 0.29) is 47.3 Å². The number of cyclic esters (lactones) is 1. The Balaban J connectivity index is 1.70. The second-order valence-electron chi connectivity index (χ2n) is 12.9. The van der Waals surface area contributed by atoms with Crippen LogP contribution in [0.15, 0.2) is 23.8 Å². The van der Waals surface area contributed by atoms with Crippen LogP contribution in [0.4, 0.5) is 4.79 Å². The lowest BCUT2D eigenvalue weighted by Gasteiger charge is -2.54. The minimum Gasteiger partial charge on any atom is -0.460 e. The van der Waals surface area contributed by atoms with E-state index in [1.54, 1.807) is 6.92 Å². The Kier molecular flexibility index (Phi) is 7.15. The number of nitrogens with one attached hydrogen (secondary N) is 1. The summed E-state index contributed by atoms with van der Waals surface area (Å²) in [5.41, 5.74) is 0.0333. The van der Waals surface area contributed by atoms with Gasteiger partial charge in [-0.05, 0) is 88.0 Å². The fraction of sp³-hybridized carbons (Fsp3) is 0.793. The zero-order chi connectivity index (χ0) is 26.7. The van der Waals surface area contributed by atoms with Gasteiger partial charge in [0.1, 0.15) is 17.8 Å². The van der Waals surface area contributed by atoms with Crippen molar-refractivity contribution in [3.05, 3.63) is 23.8 Å². The van der Waals surface area contributed by atoms with Crippen molar-refractivity contribution >= 4 is 12.1 Å². The van der Waals surface area contributed by atoms with Gasteiger partial charge < -0.3 is 25.0 Å². The van der Waals surface area contributed by atoms with Crippen LogP contribution in [0.5, 0.6) is 0 Å². The van der Waals surface area contributed by atoms with Gasteiger partial charge in [0.2, 0.25) is 0 Å². The topological polar surface area (TPSA) is 105 Å². The predicted octanol–water partition coefficient (Wildman–Crippen LogP) is 4.37. The largest absolute Gasteiger partial charge is 0.460 e. The van der Waals surface area contributed by atoms with E-state index in [0.29, 0.717) is 17.9 Å². The molecule has 1 heterocycles. The van der Waals surface area contributed by atoms with E-state index in [2.05, 4.69) is 45.7 Å². The molecule has 10 unspecified atom stereocenters. The fourth-order valence-electron chi connectivity index (χ4n) is 8.13. The van der Waals surface area contributed by atoms with Crippen LogP contribution in [-0.2, 0) is 14.3 Å². The molecule has 36 heavy (non-hydrogen) atoms. The highest BCUT2D eigenvalue weighted by Crippen LogP contribution is 2.63. The average molecular weight is 504 g/mol. The Labute approximate surface area is 215 Å². The first kappa shape index (κ1) is 27.2. The molecule has 7 heteroatoms. The second-order valence-corrected chi connectivity index (χ2v) is 12.9. The minimum absolute atomic E-state index is 0.00504. The molecule has 10 atom stereocenters. The van der Waals surface area contributed by atoms with Gasteiger partial charge >= 0.3 is 12.1 Å². The van der Waals surface area contributed by atoms with Crippen LogP contribution in [0.2, 0.25) is 0 Å². The third-order valence-corrected chi connectivity index (χ3v) is 9.89. The van der Waals surface area contributed by atoms with Crippen LogP contribution >= 0.6 is 0 Å². The molecule has 3 aliphatic carbocycles. The number of amides is 1. The van der Waals surface area contributed by atoms with Crippen molar-refractivity contribution in [2.45, 2.75) is 104 Å². The van der Waals surface area contributed by atoms with E-state index in [1.807, 2.05) is 13.8 Å². The summed E-state index contributed by atoms with van der Waals surface area (Å²) in [5.74, 6) is -0.471. The first-order valence-electron chi connectivity index (χ1n) is 13.6. The molecule has 0 bridgehead atoms. The first-order chi connectivity index (χ1) is 16.7. The van der Waals surface area contributed by atoms with Crippen molar-refractivity contribution in [3.8, 4) is 0 Å². The Morgan fingerprint density at radius 1 is 1.22 bits per heavy atom. The number of rotatable bonds is 3. The molecule has 1 amide bonds. The molecular formula is C29H45NO6. The maximum atomic E-state index is 12.6. The number of hydrogen-bond acceptors (Lipinski definition) is 6. The molecule has 0 aromatic carbocycles. The van der Waals surface area contributed by atoms with Gasteiger partial charge in [-0.3, -0.25) is 0 Å². The number of ether oxygens (including phenoxy) is 2. The molecule has 2 saturated carbocycles. The Hall–Kier alpha value is -1.86. The van der Waals surface area contributed by atoms with Crippen LogP contribution in [-0.4, -0.2) is 52.2 Å². The van der Waals surface area contributed by atoms with Crippen LogP contribution in [0.1, 0.15) is 74.1 Å². The van der Waals surface area contributed by atoms with Crippen molar-refractivity contribution < 1.29 is 29.3 Å². The number of esters is 1. The molecule has 0 radical (unpaired) electrons. The summed E-state index contributed by atoms with van der Waals surface area (Å²) >= 11 is 0. The standard InChI is InChI=1S/C29H45NO6/c1-14(2)24-22-11-19-17(6)29(34)21(18(7)35-26(32)25(29)31)10-9-16(5)20(19)12-28(22,8)13-23(24)36-27(33)30-15(3)4/h9,14-15,18-25,31,34H,6,10-13H2,1-5,7-8H3,(H,30,33). The molecule has 1 aliphatic heterocycles. The highest BCUT2D eigenvalue weighted by molar-refractivity contribution is 5.78. The number of allylic oxidation sites excluding steroid dienone is 2. The zero-order valence-corrected chi connectivity index (χ0v) is 22.9. The maximum Gasteiger partial charge on any atom is 0.407 e. The third kappa shape index (κ3) is 4.30. The summed E-state index contributed by atoms with van der Waals surface area (Å²) in [6.45, 7) is 18.8. The van der Waals surface area contributed by atoms with E-state index in [4.69, 9.17) is 9.47 Å². The molecule has 4 aliphatic rings. The first-order valence-corrected chi connectivity index (χ1v) is 13.6. The molecule has 0 aromatic heterocycles. The van der Waals surface area contributed by atoms with Gasteiger partial charge in [0.25, 0.3) is 0 Å². The van der Waals surface area contributed by atoms with Gasteiger partial charge in [-0.2, -0.15) is 0 Å². The van der Waals surface area contributed by atoms with Gasteiger partial charge in [-0.15, -0.1) is 0 Å². The maximum absolute atomic E-state index is 12.6. The summed E-state index contributed by atoms with van der Waals surface area (Å²) in [5, 5.41) is 25.8. The highest BCUT2D eigenvalue weighted by Gasteiger charge is 2.62. The van der Waals surface area contributed by atoms with E-state index < -0.39 is 29.7 Å². The molecule has 7 nitrogen and oxygen atoms in total. The van der Waals surface area contributed by atoms with Gasteiger partial charge in [0, 0.05) is 17.9 Å². The van der Waals surface area contributed by atoms with Crippen molar-refractivity contribution in [2.75, 3.05) is 0 Å². The highest BCUT2D eigenvalue weighted by atomic mass is 16.6. The summed E-state index contributed by atoms with van der Waals surface area (Å²) in [4.78, 5) is 25.1. The lowest BCUT2D eigenvalue weighted by molar-refractivity contribution is -0.209. The van der Waals surface area contributed by atoms with Gasteiger partial charge in [-0.25, -0.2) is 9.59 Å². The molecule has 202 valence electrons. The molecule has 0 spiro atoms. The molecule has 3 N–H and O–H groups in total. The van der Waals surface area contributed by atoms with Gasteiger partial charge in [0.15, 0.2) is 6.10 Å². The molecule has 1 saturated heterocycles. The minimum atomic E-state index is -1.73. The SMILES string of the molecule is C=C1C2CC3C(C(C)C)C(OC(=O)NC(C)C)CC3(C)CC2C(C)=CCC2C(C)OC(=O)C(O)C12O. The number of aliphatic hydroxyl groups is 2. The van der Waals surface area contributed by atoms with E-state index in [1.165, 1.54) is 5.57 Å². The number of fused-ring (bicyclic) bond motifs is 3. The van der Waals surface area contributed by atoms with Crippen LogP contribution < -0.4 is 5.32 Å². The van der Waals surface area contributed by atoms with Crippen LogP contribution in [0.25, 0.3) is 0 Å². The number of carbonyl (C=O) groups is 2. The van der Waals surface area contributed by atoms with Crippen molar-refractivity contribution in [2.24, 2.45) is 40.9 Å². The van der Waals surface area contributed by atoms with Crippen molar-refractivity contribution in [1.29, 1.82) is 0 Å². The zero-order valence-electron chi connectivity index (χ0n) is 22.9. The van der Waals surface area contributed by atoms with Crippen molar-refractivity contribution in [3.63, 3.8) is 0 Å². The van der Waals surface area contributed by atoms with Gasteiger partial charge in [0.05, 0.1) is 0 Å². The van der Waals surface area contributed by atoms with Gasteiger partial charge in [-0.1, -0.05) is 39.0 Å². The Bertz CT molecular complexity index is 942. The fourth-order valence-corrected chi connectivity index (χ4v) is 8.13. The second kappa shape index (κ2) is 9.46. The summed E-state index contributed by atoms with van der Waals surface area (Å²) in [6.07, 6.45) is 2.39. The molecule has 4 rings (SSSR count). The number of alkyl carbamates (subject to hydrolysis) is 1. The van der Waals surface area contributed by atoms with E-state index in [9.17, 15) is 19.8 Å². The Morgan fingerprint density at radius 3 is 2.50 bits per heavy atom. The number of hydrogen-bond donors (Lipinski definition) is 3. The molecule has 0 aromatic rings. The monoisotopic (exact) mass is 503 g/mol. The normalized spacial score (nSPS) is 44.6. The van der Waals surface area contributed by atoms with E-state index >= 15 is 0 Å². The summed E-state index contributed by atoms with van der Waals surface area (Å²) < 4.78 is 11.4. The summed E-state index contributed by atoms with van der Waals surface area (Å²) in [7, 11) is 0. The molecular weight excluding hydrogens is 458 g/mol. The van der Waals surface area contributed by atoms with Crippen LogP contribution in [0.3, 0.4) is 0 Å². The summed E-state index contributed by atoms with van der Waals surface area (Å²) in [6, 6.07) is 0.00504. The predicted molar refractivity (Wildman–Crippen MR) is 137 cm³/mol. The average Bonchev–Trinajstić information content (AvgIpc) is 3.05. The number of aliphatic hydroxyl groups excluding tert-OH is 1. The smallest absolute Gasteiger partial charge is 0.407 e. The number of carbonyl (C=O) groups excluding carboxylic acids is 2. The third-order valence-electron chi connectivity index (χ3n) is 9.89. The Morgan fingerprint density at radius 2 is 1.89 bits per heavy atom. The molecule has 3 fully saturated rings. The lowest BCUT2D eigenvalue weighted by Crippen LogP contribution is -2.63. The quantitative estimate of drug-likeness (QED) is 0.390. The lowest BCUT2D eigenvalue weighted by atomic mass is 9.53. The van der Waals surface area contributed by atoms with Crippen LogP contribution in [0, 0.1) is 40.9 Å². The van der Waals surface area contributed by atoms with Crippen molar-refractivity contribution in [1.82, 2.24) is 5.32 Å².